The maximum atomic E-state index is 11.9. The van der Waals surface area contributed by atoms with Gasteiger partial charge in [-0.1, -0.05) is 30.3 Å². The molecule has 1 aliphatic rings. The van der Waals surface area contributed by atoms with Crippen LogP contribution in [0.2, 0.25) is 0 Å². The van der Waals surface area contributed by atoms with Crippen molar-refractivity contribution in [1.29, 1.82) is 0 Å². The number of nitrogens with one attached hydrogen (secondary N) is 1. The van der Waals surface area contributed by atoms with E-state index in [0.29, 0.717) is 0 Å². The smallest absolute Gasteiger partial charge is 0.408 e. The second kappa shape index (κ2) is 6.58. The molecule has 0 radical (unpaired) electrons. The molecule has 2 N–H and O–H groups in total. The summed E-state index contributed by atoms with van der Waals surface area (Å²) in [5.74, 6) is -1.21. The molecule has 0 spiro atoms. The summed E-state index contributed by atoms with van der Waals surface area (Å²) in [7, 11) is 1.41. The van der Waals surface area contributed by atoms with E-state index >= 15 is 0 Å². The zero-order valence-electron chi connectivity index (χ0n) is 11.9. The van der Waals surface area contributed by atoms with E-state index < -0.39 is 17.6 Å². The molecule has 6 heteroatoms. The van der Waals surface area contributed by atoms with Crippen LogP contribution in [0.3, 0.4) is 0 Å². The summed E-state index contributed by atoms with van der Waals surface area (Å²) in [5.41, 5.74) is -0.561. The van der Waals surface area contributed by atoms with Crippen molar-refractivity contribution in [3.8, 4) is 0 Å². The van der Waals surface area contributed by atoms with Crippen LogP contribution in [-0.4, -0.2) is 36.4 Å². The Kier molecular flexibility index (Phi) is 4.80. The summed E-state index contributed by atoms with van der Waals surface area (Å²) in [5, 5.41) is 11.9. The number of ether oxygens (including phenoxy) is 2. The summed E-state index contributed by atoms with van der Waals surface area (Å²) >= 11 is 0. The molecule has 0 aromatic heterocycles. The Balaban J connectivity index is 1.96. The van der Waals surface area contributed by atoms with Crippen molar-refractivity contribution >= 4 is 12.1 Å². The van der Waals surface area contributed by atoms with Gasteiger partial charge in [0.1, 0.15) is 6.61 Å². The molecule has 0 heterocycles. The summed E-state index contributed by atoms with van der Waals surface area (Å²) in [6.45, 7) is 0.0213. The largest absolute Gasteiger partial charge is 0.479 e. The van der Waals surface area contributed by atoms with Crippen LogP contribution in [0.15, 0.2) is 30.3 Å². The van der Waals surface area contributed by atoms with E-state index in [-0.39, 0.29) is 19.1 Å². The van der Waals surface area contributed by atoms with Gasteiger partial charge in [-0.25, -0.2) is 9.59 Å². The van der Waals surface area contributed by atoms with Gasteiger partial charge in [-0.15, -0.1) is 0 Å². The normalized spacial score (nSPS) is 16.8. The Labute approximate surface area is 123 Å². The predicted molar refractivity (Wildman–Crippen MR) is 74.7 cm³/mol. The van der Waals surface area contributed by atoms with E-state index in [1.54, 1.807) is 0 Å². The number of hydrogen-bond acceptors (Lipinski definition) is 4. The van der Waals surface area contributed by atoms with Crippen molar-refractivity contribution in [3.63, 3.8) is 0 Å². The average Bonchev–Trinajstić information content (AvgIpc) is 3.30. The molecular formula is C15H19NO5. The fraction of sp³-hybridized carbons (Fsp3) is 0.467. The summed E-state index contributed by atoms with van der Waals surface area (Å²) < 4.78 is 10.1. The molecule has 1 fully saturated rings. The Morgan fingerprint density at radius 3 is 2.52 bits per heavy atom. The fourth-order valence-electron chi connectivity index (χ4n) is 2.29. The molecule has 0 saturated heterocycles. The predicted octanol–water partition coefficient (Wildman–Crippen LogP) is 1.79. The molecule has 1 aliphatic carbocycles. The van der Waals surface area contributed by atoms with Crippen molar-refractivity contribution < 1.29 is 24.2 Å². The molecule has 2 rings (SSSR count). The Hall–Kier alpha value is -2.08. The van der Waals surface area contributed by atoms with E-state index in [0.717, 1.165) is 18.4 Å². The van der Waals surface area contributed by atoms with Crippen molar-refractivity contribution in [1.82, 2.24) is 5.32 Å². The van der Waals surface area contributed by atoms with E-state index in [4.69, 9.17) is 9.47 Å². The van der Waals surface area contributed by atoms with E-state index in [1.165, 1.54) is 7.11 Å². The lowest BCUT2D eigenvalue weighted by Gasteiger charge is -2.29. The molecule has 6 nitrogen and oxygen atoms in total. The molecule has 1 unspecified atom stereocenters. The number of alkyl carbamates (subject to hydrolysis) is 1. The van der Waals surface area contributed by atoms with Gasteiger partial charge in [-0.05, 0) is 24.3 Å². The molecule has 0 aliphatic heterocycles. The highest BCUT2D eigenvalue weighted by Gasteiger charge is 2.53. The van der Waals surface area contributed by atoms with Gasteiger partial charge in [0.25, 0.3) is 0 Å². The Bertz CT molecular complexity index is 500. The molecule has 1 aromatic rings. The maximum absolute atomic E-state index is 11.9. The second-order valence-corrected chi connectivity index (χ2v) is 5.17. The first kappa shape index (κ1) is 15.3. The highest BCUT2D eigenvalue weighted by Crippen LogP contribution is 2.40. The van der Waals surface area contributed by atoms with Crippen LogP contribution in [0, 0.1) is 5.92 Å². The number of carboxylic acids is 1. The van der Waals surface area contributed by atoms with Crippen LogP contribution in [0.5, 0.6) is 0 Å². The number of hydrogen-bond donors (Lipinski definition) is 2. The third-order valence-corrected chi connectivity index (χ3v) is 3.57. The topological polar surface area (TPSA) is 84.9 Å². The number of aliphatic carboxylic acids is 1. The van der Waals surface area contributed by atoms with Crippen LogP contribution in [0.25, 0.3) is 0 Å². The van der Waals surface area contributed by atoms with Gasteiger partial charge in [-0.2, -0.15) is 0 Å². The molecule has 1 saturated carbocycles. The molecule has 1 atom stereocenters. The molecule has 0 bridgehead atoms. The number of rotatable bonds is 7. The van der Waals surface area contributed by atoms with Crippen LogP contribution in [0.1, 0.15) is 18.4 Å². The number of methoxy groups -OCH3 is 1. The number of benzene rings is 1. The van der Waals surface area contributed by atoms with Crippen molar-refractivity contribution in [2.24, 2.45) is 5.92 Å². The lowest BCUT2D eigenvalue weighted by molar-refractivity contribution is -0.148. The molecular weight excluding hydrogens is 274 g/mol. The number of carboxylic acid groups (broad SMARTS) is 1. The molecule has 21 heavy (non-hydrogen) atoms. The van der Waals surface area contributed by atoms with Gasteiger partial charge < -0.3 is 19.9 Å². The van der Waals surface area contributed by atoms with E-state index in [2.05, 4.69) is 5.32 Å². The minimum absolute atomic E-state index is 0.0760. The van der Waals surface area contributed by atoms with Gasteiger partial charge in [0.05, 0.1) is 6.61 Å². The molecule has 1 aromatic carbocycles. The summed E-state index contributed by atoms with van der Waals surface area (Å²) in [6, 6.07) is 9.20. The quantitative estimate of drug-likeness (QED) is 0.800. The second-order valence-electron chi connectivity index (χ2n) is 5.17. The van der Waals surface area contributed by atoms with Crippen LogP contribution >= 0.6 is 0 Å². The monoisotopic (exact) mass is 293 g/mol. The van der Waals surface area contributed by atoms with Gasteiger partial charge in [0.15, 0.2) is 5.54 Å². The zero-order chi connectivity index (χ0) is 15.3. The van der Waals surface area contributed by atoms with Gasteiger partial charge in [0.2, 0.25) is 0 Å². The standard InChI is InChI=1S/C15H19NO5/c1-20-10-15(13(17)18,12-7-8-12)16-14(19)21-9-11-5-3-2-4-6-11/h2-6,12H,7-10H2,1H3,(H,16,19)(H,17,18). The van der Waals surface area contributed by atoms with Gasteiger partial charge >= 0.3 is 12.1 Å². The minimum Gasteiger partial charge on any atom is -0.479 e. The molecule has 114 valence electrons. The van der Waals surface area contributed by atoms with Crippen LogP contribution < -0.4 is 5.32 Å². The SMILES string of the molecule is COCC(NC(=O)OCc1ccccc1)(C(=O)O)C1CC1. The lowest BCUT2D eigenvalue weighted by atomic mass is 9.94. The van der Waals surface area contributed by atoms with Crippen molar-refractivity contribution in [2.75, 3.05) is 13.7 Å². The van der Waals surface area contributed by atoms with Crippen LogP contribution in [0.4, 0.5) is 4.79 Å². The third-order valence-electron chi connectivity index (χ3n) is 3.57. The number of carbonyl (C=O) groups excluding carboxylic acids is 1. The molecule has 1 amide bonds. The number of carbonyl (C=O) groups is 2. The van der Waals surface area contributed by atoms with Crippen molar-refractivity contribution in [3.05, 3.63) is 35.9 Å². The third kappa shape index (κ3) is 3.72. The van der Waals surface area contributed by atoms with E-state index in [9.17, 15) is 14.7 Å². The highest BCUT2D eigenvalue weighted by molar-refractivity contribution is 5.85. The van der Waals surface area contributed by atoms with Gasteiger partial charge in [-0.3, -0.25) is 0 Å². The van der Waals surface area contributed by atoms with Crippen molar-refractivity contribution in [2.45, 2.75) is 25.0 Å². The van der Waals surface area contributed by atoms with E-state index in [1.807, 2.05) is 30.3 Å². The van der Waals surface area contributed by atoms with Gasteiger partial charge in [0, 0.05) is 7.11 Å². The summed E-state index contributed by atoms with van der Waals surface area (Å²) in [6.07, 6.45) is 0.772. The van der Waals surface area contributed by atoms with Crippen LogP contribution in [-0.2, 0) is 20.9 Å². The minimum atomic E-state index is -1.40. The number of amides is 1. The first-order valence-electron chi connectivity index (χ1n) is 6.79. The average molecular weight is 293 g/mol. The Morgan fingerprint density at radius 2 is 2.00 bits per heavy atom. The lowest BCUT2D eigenvalue weighted by Crippen LogP contribution is -2.59. The highest BCUT2D eigenvalue weighted by atomic mass is 16.5. The summed E-state index contributed by atoms with van der Waals surface area (Å²) in [4.78, 5) is 23.4. The first-order chi connectivity index (χ1) is 10.1. The maximum Gasteiger partial charge on any atom is 0.408 e. The Morgan fingerprint density at radius 1 is 1.33 bits per heavy atom. The first-order valence-corrected chi connectivity index (χ1v) is 6.79. The fourth-order valence-corrected chi connectivity index (χ4v) is 2.29. The zero-order valence-corrected chi connectivity index (χ0v) is 11.9.